The Morgan fingerprint density at radius 2 is 1.55 bits per heavy atom. The van der Waals surface area contributed by atoms with Gasteiger partial charge in [0.15, 0.2) is 5.79 Å². The van der Waals surface area contributed by atoms with Crippen LogP contribution < -0.4 is 10.2 Å². The third-order valence-electron chi connectivity index (χ3n) is 8.54. The highest BCUT2D eigenvalue weighted by atomic mass is 16.6. The standard InChI is InChI=1S/C31H32N2O5/c1-18(2)25-16-24-28(26-17-27(38-31(25,26)37)19-8-14-23(34)15-9-19)30(36)33(29(24)35)22-12-10-21(11-13-22)32-20-6-4-3-5-7-20/h3-15,18,24-28,32,34,37H,16-17H2,1-2H3/t24-,25+,26-,27-,28-,31+/m0/s1. The summed E-state index contributed by atoms with van der Waals surface area (Å²) in [5.74, 6) is -3.71. The first kappa shape index (κ1) is 24.6. The highest BCUT2D eigenvalue weighted by molar-refractivity contribution is 6.22. The van der Waals surface area contributed by atoms with Crippen LogP contribution in [0.1, 0.15) is 38.4 Å². The number of imide groups is 1. The van der Waals surface area contributed by atoms with Crippen LogP contribution in [0.2, 0.25) is 0 Å². The Bertz CT molecular complexity index is 1340. The molecule has 3 aromatic rings. The quantitative estimate of drug-likeness (QED) is 0.397. The minimum absolute atomic E-state index is 0.0577. The molecule has 0 aromatic heterocycles. The van der Waals surface area contributed by atoms with Crippen LogP contribution in [-0.4, -0.2) is 27.8 Å². The maximum Gasteiger partial charge on any atom is 0.238 e. The van der Waals surface area contributed by atoms with Crippen molar-refractivity contribution in [2.24, 2.45) is 29.6 Å². The molecular weight excluding hydrogens is 480 g/mol. The lowest BCUT2D eigenvalue weighted by molar-refractivity contribution is -0.276. The van der Waals surface area contributed by atoms with Crippen LogP contribution in [0.4, 0.5) is 17.1 Å². The molecule has 6 atom stereocenters. The Hall–Kier alpha value is -3.68. The molecule has 2 saturated heterocycles. The molecule has 2 aliphatic heterocycles. The number of aromatic hydroxyl groups is 1. The van der Waals surface area contributed by atoms with Crippen molar-refractivity contribution < 1.29 is 24.5 Å². The van der Waals surface area contributed by atoms with Crippen molar-refractivity contribution in [2.45, 2.75) is 38.6 Å². The van der Waals surface area contributed by atoms with E-state index in [1.807, 2.05) is 56.3 Å². The molecule has 0 radical (unpaired) electrons. The number of rotatable bonds is 5. The van der Waals surface area contributed by atoms with Crippen molar-refractivity contribution >= 4 is 28.9 Å². The van der Waals surface area contributed by atoms with E-state index < -0.39 is 29.6 Å². The number of carbonyl (C=O) groups is 2. The zero-order chi connectivity index (χ0) is 26.6. The summed E-state index contributed by atoms with van der Waals surface area (Å²) in [6, 6.07) is 23.8. The molecule has 2 heterocycles. The van der Waals surface area contributed by atoms with Gasteiger partial charge in [0.25, 0.3) is 0 Å². The molecule has 1 aliphatic carbocycles. The number of aliphatic hydroxyl groups is 1. The minimum atomic E-state index is -1.51. The van der Waals surface area contributed by atoms with Gasteiger partial charge >= 0.3 is 0 Å². The molecule has 7 heteroatoms. The lowest BCUT2D eigenvalue weighted by atomic mass is 9.62. The Balaban J connectivity index is 1.29. The molecule has 6 rings (SSSR count). The zero-order valence-corrected chi connectivity index (χ0v) is 21.5. The first-order valence-electron chi connectivity index (χ1n) is 13.3. The molecule has 0 bridgehead atoms. The lowest BCUT2D eigenvalue weighted by Crippen LogP contribution is -2.55. The maximum absolute atomic E-state index is 13.9. The van der Waals surface area contributed by atoms with E-state index in [0.717, 1.165) is 16.9 Å². The van der Waals surface area contributed by atoms with Crippen molar-refractivity contribution in [3.63, 3.8) is 0 Å². The van der Waals surface area contributed by atoms with Crippen molar-refractivity contribution in [3.05, 3.63) is 84.4 Å². The molecule has 7 nitrogen and oxygen atoms in total. The van der Waals surface area contributed by atoms with Gasteiger partial charge in [0.2, 0.25) is 11.8 Å². The Labute approximate surface area is 222 Å². The van der Waals surface area contributed by atoms with E-state index in [1.165, 1.54) is 4.90 Å². The van der Waals surface area contributed by atoms with E-state index in [0.29, 0.717) is 18.5 Å². The summed E-state index contributed by atoms with van der Waals surface area (Å²) in [5, 5.41) is 25.0. The number of phenols is 1. The largest absolute Gasteiger partial charge is 0.508 e. The third-order valence-corrected chi connectivity index (χ3v) is 8.54. The average Bonchev–Trinajstić information content (AvgIpc) is 3.38. The van der Waals surface area contributed by atoms with Crippen LogP contribution in [0.25, 0.3) is 0 Å². The number of nitrogens with one attached hydrogen (secondary N) is 1. The SMILES string of the molecule is CC(C)[C@H]1C[C@@H]2C(=O)N(c3ccc(Nc4ccccc4)cc3)C(=O)[C@@H]2[C@@H]2C[C@@H](c3ccc(O)cc3)O[C@]12O. The van der Waals surface area contributed by atoms with Gasteiger partial charge in [0.1, 0.15) is 5.75 Å². The van der Waals surface area contributed by atoms with Gasteiger partial charge in [-0.3, -0.25) is 14.5 Å². The number of benzene rings is 3. The molecule has 1 saturated carbocycles. The van der Waals surface area contributed by atoms with Crippen LogP contribution in [0.5, 0.6) is 5.75 Å². The molecule has 0 spiro atoms. The number of fused-ring (bicyclic) bond motifs is 3. The van der Waals surface area contributed by atoms with Crippen LogP contribution in [0.3, 0.4) is 0 Å². The molecule has 0 unspecified atom stereocenters. The number of anilines is 3. The van der Waals surface area contributed by atoms with Crippen molar-refractivity contribution in [2.75, 3.05) is 10.2 Å². The number of carbonyl (C=O) groups excluding carboxylic acids is 2. The Kier molecular flexibility index (Phi) is 6.00. The van der Waals surface area contributed by atoms with Gasteiger partial charge in [0.05, 0.1) is 23.6 Å². The number of nitrogens with zero attached hydrogens (tertiary/aromatic N) is 1. The maximum atomic E-state index is 13.9. The highest BCUT2D eigenvalue weighted by Gasteiger charge is 2.67. The smallest absolute Gasteiger partial charge is 0.238 e. The van der Waals surface area contributed by atoms with Gasteiger partial charge in [-0.25, -0.2) is 0 Å². The second-order valence-electron chi connectivity index (χ2n) is 11.1. The van der Waals surface area contributed by atoms with Crippen LogP contribution >= 0.6 is 0 Å². The Morgan fingerprint density at radius 3 is 2.21 bits per heavy atom. The fourth-order valence-corrected chi connectivity index (χ4v) is 6.70. The van der Waals surface area contributed by atoms with E-state index in [4.69, 9.17) is 4.74 Å². The average molecular weight is 513 g/mol. The predicted molar refractivity (Wildman–Crippen MR) is 144 cm³/mol. The van der Waals surface area contributed by atoms with E-state index >= 15 is 0 Å². The first-order valence-corrected chi connectivity index (χ1v) is 13.3. The Morgan fingerprint density at radius 1 is 0.895 bits per heavy atom. The molecule has 2 amide bonds. The number of hydrogen-bond donors (Lipinski definition) is 3. The number of hydrogen-bond acceptors (Lipinski definition) is 6. The van der Waals surface area contributed by atoms with Crippen molar-refractivity contribution in [3.8, 4) is 5.75 Å². The summed E-state index contributed by atoms with van der Waals surface area (Å²) in [6.45, 7) is 4.05. The highest BCUT2D eigenvalue weighted by Crippen LogP contribution is 2.59. The van der Waals surface area contributed by atoms with E-state index in [2.05, 4.69) is 5.32 Å². The number of phenolic OH excluding ortho intramolecular Hbond substituents is 1. The monoisotopic (exact) mass is 512 g/mol. The molecule has 196 valence electrons. The summed E-state index contributed by atoms with van der Waals surface area (Å²) in [5.41, 5.74) is 3.17. The first-order chi connectivity index (χ1) is 18.3. The molecule has 3 aliphatic rings. The van der Waals surface area contributed by atoms with Gasteiger partial charge in [-0.2, -0.15) is 0 Å². The molecule has 38 heavy (non-hydrogen) atoms. The number of ether oxygens (including phenoxy) is 1. The fourth-order valence-electron chi connectivity index (χ4n) is 6.70. The van der Waals surface area contributed by atoms with Crippen LogP contribution in [0, 0.1) is 29.6 Å². The van der Waals surface area contributed by atoms with Crippen molar-refractivity contribution in [1.29, 1.82) is 0 Å². The summed E-state index contributed by atoms with van der Waals surface area (Å²) < 4.78 is 6.34. The summed E-state index contributed by atoms with van der Waals surface area (Å²) in [6.07, 6.45) is 0.399. The van der Waals surface area contributed by atoms with Crippen LogP contribution in [0.15, 0.2) is 78.9 Å². The summed E-state index contributed by atoms with van der Waals surface area (Å²) in [4.78, 5) is 28.9. The topological polar surface area (TPSA) is 99.1 Å². The van der Waals surface area contributed by atoms with E-state index in [1.54, 1.807) is 36.4 Å². The normalized spacial score (nSPS) is 30.4. The minimum Gasteiger partial charge on any atom is -0.508 e. The number of para-hydroxylation sites is 1. The predicted octanol–water partition coefficient (Wildman–Crippen LogP) is 5.38. The molecule has 3 N–H and O–H groups in total. The van der Waals surface area contributed by atoms with E-state index in [9.17, 15) is 19.8 Å². The fraction of sp³-hybridized carbons (Fsp3) is 0.355. The van der Waals surface area contributed by atoms with E-state index in [-0.39, 0.29) is 29.4 Å². The van der Waals surface area contributed by atoms with Crippen molar-refractivity contribution in [1.82, 2.24) is 0 Å². The van der Waals surface area contributed by atoms with Gasteiger partial charge in [-0.15, -0.1) is 0 Å². The summed E-state index contributed by atoms with van der Waals surface area (Å²) >= 11 is 0. The zero-order valence-electron chi connectivity index (χ0n) is 21.5. The molecule has 3 fully saturated rings. The molecular formula is C31H32N2O5. The second kappa shape index (κ2) is 9.26. The van der Waals surface area contributed by atoms with Gasteiger partial charge < -0.3 is 20.3 Å². The van der Waals surface area contributed by atoms with Gasteiger partial charge in [0, 0.05) is 23.2 Å². The molecule has 3 aromatic carbocycles. The number of amides is 2. The second-order valence-corrected chi connectivity index (χ2v) is 11.1. The van der Waals surface area contributed by atoms with Crippen LogP contribution in [-0.2, 0) is 14.3 Å². The third kappa shape index (κ3) is 3.97. The summed E-state index contributed by atoms with van der Waals surface area (Å²) in [7, 11) is 0. The lowest BCUT2D eigenvalue weighted by Gasteiger charge is -2.46. The van der Waals surface area contributed by atoms with Gasteiger partial charge in [-0.1, -0.05) is 44.2 Å². The van der Waals surface area contributed by atoms with Gasteiger partial charge in [-0.05, 0) is 72.9 Å².